The maximum atomic E-state index is 12.8. The van der Waals surface area contributed by atoms with Crippen LogP contribution in [0.5, 0.6) is 0 Å². The van der Waals surface area contributed by atoms with Gasteiger partial charge in [-0.05, 0) is 46.4 Å². The van der Waals surface area contributed by atoms with E-state index in [1.165, 1.54) is 12.1 Å². The number of amides is 1. The Labute approximate surface area is 194 Å². The third kappa shape index (κ3) is 5.22. The fourth-order valence-corrected chi connectivity index (χ4v) is 4.30. The second kappa shape index (κ2) is 9.59. The Morgan fingerprint density at radius 1 is 0.912 bits per heavy atom. The Morgan fingerprint density at radius 2 is 1.47 bits per heavy atom. The Balaban J connectivity index is 1.41. The number of hydrogen-bond acceptors (Lipinski definition) is 4. The topological polar surface area (TPSA) is 78.5 Å². The fourth-order valence-electron chi connectivity index (χ4n) is 4.30. The second-order valence-electron chi connectivity index (χ2n) is 8.14. The molecule has 1 aliphatic rings. The Hall–Kier alpha value is -3.81. The number of halogens is 3. The second-order valence-corrected chi connectivity index (χ2v) is 8.14. The van der Waals surface area contributed by atoms with Crippen molar-refractivity contribution >= 4 is 12.1 Å². The number of nitrogens with one attached hydrogen (secondary N) is 1. The number of aliphatic carboxylic acids is 1. The van der Waals surface area contributed by atoms with Gasteiger partial charge in [-0.1, -0.05) is 60.7 Å². The van der Waals surface area contributed by atoms with E-state index in [0.717, 1.165) is 34.4 Å². The van der Waals surface area contributed by atoms with E-state index >= 15 is 0 Å². The number of alkyl halides is 3. The highest BCUT2D eigenvalue weighted by Crippen LogP contribution is 2.44. The monoisotopic (exact) mass is 468 g/mol. The highest BCUT2D eigenvalue weighted by Gasteiger charge is 2.31. The number of carboxylic acids is 1. The maximum Gasteiger partial charge on any atom is 0.416 e. The van der Waals surface area contributed by atoms with Crippen LogP contribution < -0.4 is 10.4 Å². The van der Waals surface area contributed by atoms with Crippen LogP contribution >= 0.6 is 0 Å². The SMILES string of the molecule is O=C([O-])C[C@H](Cc1ccc(C(F)(F)F)cc1)NC(=O)OCC1c2ccccc2-c2ccccc21. The van der Waals surface area contributed by atoms with E-state index in [-0.39, 0.29) is 18.9 Å². The van der Waals surface area contributed by atoms with Gasteiger partial charge in [0.1, 0.15) is 6.61 Å². The largest absolute Gasteiger partial charge is 0.550 e. The van der Waals surface area contributed by atoms with Crippen molar-refractivity contribution in [1.82, 2.24) is 5.32 Å². The van der Waals surface area contributed by atoms with Crippen LogP contribution in [-0.2, 0) is 22.1 Å². The molecule has 3 aromatic carbocycles. The Kier molecular flexibility index (Phi) is 6.58. The molecule has 3 aromatic rings. The number of rotatable bonds is 7. The lowest BCUT2D eigenvalue weighted by atomic mass is 9.98. The molecule has 0 spiro atoms. The number of hydrogen-bond donors (Lipinski definition) is 1. The highest BCUT2D eigenvalue weighted by atomic mass is 19.4. The molecule has 1 N–H and O–H groups in total. The zero-order valence-electron chi connectivity index (χ0n) is 18.0. The summed E-state index contributed by atoms with van der Waals surface area (Å²) in [5, 5.41) is 13.7. The van der Waals surface area contributed by atoms with Gasteiger partial charge in [-0.3, -0.25) is 0 Å². The summed E-state index contributed by atoms with van der Waals surface area (Å²) in [5.74, 6) is -1.55. The first-order chi connectivity index (χ1) is 16.2. The van der Waals surface area contributed by atoms with E-state index in [2.05, 4.69) is 5.32 Å². The Bertz CT molecular complexity index is 1150. The normalized spacial score (nSPS) is 13.6. The minimum atomic E-state index is -4.47. The third-order valence-electron chi connectivity index (χ3n) is 5.84. The van der Waals surface area contributed by atoms with Crippen LogP contribution in [0.15, 0.2) is 72.8 Å². The quantitative estimate of drug-likeness (QED) is 0.561. The van der Waals surface area contributed by atoms with Crippen molar-refractivity contribution in [2.75, 3.05) is 6.61 Å². The molecule has 1 aliphatic carbocycles. The first-order valence-corrected chi connectivity index (χ1v) is 10.7. The molecule has 176 valence electrons. The van der Waals surface area contributed by atoms with Crippen LogP contribution in [0.3, 0.4) is 0 Å². The van der Waals surface area contributed by atoms with Crippen molar-refractivity contribution in [3.05, 3.63) is 95.1 Å². The van der Waals surface area contributed by atoms with Crippen molar-refractivity contribution in [3.63, 3.8) is 0 Å². The van der Waals surface area contributed by atoms with Gasteiger partial charge >= 0.3 is 12.3 Å². The summed E-state index contributed by atoms with van der Waals surface area (Å²) in [7, 11) is 0. The summed E-state index contributed by atoms with van der Waals surface area (Å²) in [6, 6.07) is 19.1. The molecule has 0 fully saturated rings. The number of alkyl carbamates (subject to hydrolysis) is 1. The zero-order valence-corrected chi connectivity index (χ0v) is 18.0. The standard InChI is InChI=1S/C26H22F3NO4/c27-26(28,29)17-11-9-16(10-12-17)13-18(14-24(31)32)30-25(33)34-15-23-21-7-3-1-5-19(21)20-6-2-4-8-22(20)23/h1-12,18,23H,13-15H2,(H,30,33)(H,31,32)/p-1/t18-/m0/s1. The van der Waals surface area contributed by atoms with Crippen molar-refractivity contribution in [3.8, 4) is 11.1 Å². The summed E-state index contributed by atoms with van der Waals surface area (Å²) < 4.78 is 43.7. The van der Waals surface area contributed by atoms with Crippen LogP contribution in [0.1, 0.15) is 34.6 Å². The summed E-state index contributed by atoms with van der Waals surface area (Å²) in [4.78, 5) is 23.7. The van der Waals surface area contributed by atoms with Gasteiger partial charge in [0, 0.05) is 24.3 Å². The molecule has 0 aliphatic heterocycles. The van der Waals surface area contributed by atoms with E-state index in [9.17, 15) is 27.9 Å². The van der Waals surface area contributed by atoms with E-state index in [0.29, 0.717) is 5.56 Å². The highest BCUT2D eigenvalue weighted by molar-refractivity contribution is 5.79. The van der Waals surface area contributed by atoms with Crippen molar-refractivity contribution in [1.29, 1.82) is 0 Å². The van der Waals surface area contributed by atoms with Gasteiger partial charge in [0.2, 0.25) is 0 Å². The summed E-state index contributed by atoms with van der Waals surface area (Å²) in [5.41, 5.74) is 3.85. The molecule has 0 aromatic heterocycles. The first-order valence-electron chi connectivity index (χ1n) is 10.7. The van der Waals surface area contributed by atoms with Crippen LogP contribution in [0.4, 0.5) is 18.0 Å². The Morgan fingerprint density at radius 3 is 2.00 bits per heavy atom. The molecule has 0 saturated heterocycles. The van der Waals surface area contributed by atoms with Gasteiger partial charge < -0.3 is 20.0 Å². The van der Waals surface area contributed by atoms with E-state index < -0.39 is 36.3 Å². The molecule has 0 heterocycles. The molecule has 0 bridgehead atoms. The van der Waals surface area contributed by atoms with Gasteiger partial charge in [-0.15, -0.1) is 0 Å². The summed E-state index contributed by atoms with van der Waals surface area (Å²) in [6.45, 7) is 0.0538. The number of carboxylic acid groups (broad SMARTS) is 1. The lowest BCUT2D eigenvalue weighted by Gasteiger charge is -2.21. The van der Waals surface area contributed by atoms with Gasteiger partial charge in [0.05, 0.1) is 5.56 Å². The molecule has 0 radical (unpaired) electrons. The molecule has 34 heavy (non-hydrogen) atoms. The van der Waals surface area contributed by atoms with Crippen molar-refractivity contribution in [2.24, 2.45) is 0 Å². The number of carbonyl (C=O) groups excluding carboxylic acids is 2. The van der Waals surface area contributed by atoms with Crippen molar-refractivity contribution < 1.29 is 32.6 Å². The van der Waals surface area contributed by atoms with Gasteiger partial charge in [0.15, 0.2) is 0 Å². The molecule has 5 nitrogen and oxygen atoms in total. The van der Waals surface area contributed by atoms with Gasteiger partial charge in [-0.25, -0.2) is 4.79 Å². The average Bonchev–Trinajstić information content (AvgIpc) is 3.11. The predicted octanol–water partition coefficient (Wildman–Crippen LogP) is 4.30. The van der Waals surface area contributed by atoms with Crippen LogP contribution in [0.2, 0.25) is 0 Å². The number of benzene rings is 3. The molecule has 1 amide bonds. The first kappa shape index (κ1) is 23.4. The summed E-state index contributed by atoms with van der Waals surface area (Å²) in [6.07, 6.45) is -5.77. The smallest absolute Gasteiger partial charge is 0.416 e. The third-order valence-corrected chi connectivity index (χ3v) is 5.84. The predicted molar refractivity (Wildman–Crippen MR) is 117 cm³/mol. The van der Waals surface area contributed by atoms with Crippen LogP contribution in [0, 0.1) is 0 Å². The summed E-state index contributed by atoms with van der Waals surface area (Å²) >= 11 is 0. The molecule has 8 heteroatoms. The lowest BCUT2D eigenvalue weighted by molar-refractivity contribution is -0.306. The zero-order chi connectivity index (χ0) is 24.3. The molecule has 0 unspecified atom stereocenters. The molecular weight excluding hydrogens is 447 g/mol. The molecule has 0 saturated carbocycles. The molecular formula is C26H21F3NO4-. The van der Waals surface area contributed by atoms with Gasteiger partial charge in [0.25, 0.3) is 0 Å². The molecule has 4 rings (SSSR count). The van der Waals surface area contributed by atoms with E-state index in [4.69, 9.17) is 4.74 Å². The van der Waals surface area contributed by atoms with Crippen LogP contribution in [-0.4, -0.2) is 24.7 Å². The number of ether oxygens (including phenoxy) is 1. The van der Waals surface area contributed by atoms with E-state index in [1.807, 2.05) is 48.5 Å². The van der Waals surface area contributed by atoms with Gasteiger partial charge in [-0.2, -0.15) is 13.2 Å². The fraction of sp³-hybridized carbons (Fsp3) is 0.231. The molecule has 1 atom stereocenters. The van der Waals surface area contributed by atoms with Crippen molar-refractivity contribution in [2.45, 2.75) is 31.0 Å². The van der Waals surface area contributed by atoms with Crippen LogP contribution in [0.25, 0.3) is 11.1 Å². The number of fused-ring (bicyclic) bond motifs is 3. The minimum Gasteiger partial charge on any atom is -0.550 e. The average molecular weight is 468 g/mol. The van der Waals surface area contributed by atoms with E-state index in [1.54, 1.807) is 0 Å². The number of carbonyl (C=O) groups is 2. The lowest BCUT2D eigenvalue weighted by Crippen LogP contribution is -2.41. The maximum absolute atomic E-state index is 12.8. The minimum absolute atomic E-state index is 0.0102.